The Kier molecular flexibility index (Phi) is 3.27. The molecule has 2 aromatic heterocycles. The van der Waals surface area contributed by atoms with Crippen LogP contribution in [0.5, 0.6) is 5.88 Å². The summed E-state index contributed by atoms with van der Waals surface area (Å²) in [5.41, 5.74) is 0. The molecule has 0 aromatic carbocycles. The summed E-state index contributed by atoms with van der Waals surface area (Å²) in [6.45, 7) is 0.666. The molecule has 0 aliphatic heterocycles. The third kappa shape index (κ3) is 2.66. The monoisotopic (exact) mass is 221 g/mol. The summed E-state index contributed by atoms with van der Waals surface area (Å²) in [6.07, 6.45) is 3.42. The molecule has 0 atom stereocenters. The van der Waals surface area contributed by atoms with Gasteiger partial charge in [0.05, 0.1) is 7.11 Å². The van der Waals surface area contributed by atoms with Crippen LogP contribution in [0.15, 0.2) is 23.3 Å². The van der Waals surface area contributed by atoms with Crippen molar-refractivity contribution in [2.75, 3.05) is 19.0 Å². The van der Waals surface area contributed by atoms with E-state index in [0.717, 1.165) is 0 Å². The minimum Gasteiger partial charge on any atom is -0.481 e. The zero-order valence-electron chi connectivity index (χ0n) is 8.75. The molecule has 2 rings (SSSR count). The molecular formula is C9H11N5O2. The second-order valence-electron chi connectivity index (χ2n) is 2.97. The second-order valence-corrected chi connectivity index (χ2v) is 2.97. The van der Waals surface area contributed by atoms with Gasteiger partial charge in [-0.15, -0.1) is 0 Å². The topological polar surface area (TPSA) is 86.0 Å². The van der Waals surface area contributed by atoms with Gasteiger partial charge in [-0.1, -0.05) is 5.16 Å². The van der Waals surface area contributed by atoms with Gasteiger partial charge in [-0.05, 0) is 0 Å². The van der Waals surface area contributed by atoms with E-state index in [2.05, 4.69) is 29.9 Å². The molecule has 0 fully saturated rings. The first kappa shape index (κ1) is 10.3. The number of ether oxygens (including phenoxy) is 1. The maximum atomic E-state index is 4.98. The third-order valence-corrected chi connectivity index (χ3v) is 1.91. The lowest BCUT2D eigenvalue weighted by atomic mass is 10.4. The van der Waals surface area contributed by atoms with Gasteiger partial charge in [0.2, 0.25) is 12.3 Å². The highest BCUT2D eigenvalue weighted by atomic mass is 16.5. The van der Waals surface area contributed by atoms with Crippen molar-refractivity contribution in [3.8, 4) is 5.88 Å². The molecule has 0 radical (unpaired) electrons. The Bertz CT molecular complexity index is 431. The number of methoxy groups -OCH3 is 1. The molecular weight excluding hydrogens is 210 g/mol. The zero-order valence-corrected chi connectivity index (χ0v) is 8.75. The van der Waals surface area contributed by atoms with Gasteiger partial charge in [0.25, 0.3) is 0 Å². The van der Waals surface area contributed by atoms with Crippen LogP contribution in [-0.4, -0.2) is 33.8 Å². The van der Waals surface area contributed by atoms with Crippen LogP contribution in [0.25, 0.3) is 0 Å². The summed E-state index contributed by atoms with van der Waals surface area (Å²) in [7, 11) is 1.56. The van der Waals surface area contributed by atoms with Crippen LogP contribution < -0.4 is 10.1 Å². The van der Waals surface area contributed by atoms with Crippen LogP contribution >= 0.6 is 0 Å². The van der Waals surface area contributed by atoms with Crippen LogP contribution in [0, 0.1) is 0 Å². The summed E-state index contributed by atoms with van der Waals surface area (Å²) >= 11 is 0. The molecule has 0 saturated heterocycles. The highest BCUT2D eigenvalue weighted by Gasteiger charge is 2.00. The maximum Gasteiger partial charge on any atom is 0.218 e. The van der Waals surface area contributed by atoms with Crippen molar-refractivity contribution in [2.24, 2.45) is 0 Å². The molecule has 2 aromatic rings. The number of hydrogen-bond donors (Lipinski definition) is 1. The van der Waals surface area contributed by atoms with E-state index in [9.17, 15) is 0 Å². The first-order chi connectivity index (χ1) is 7.88. The minimum absolute atomic E-state index is 0.525. The van der Waals surface area contributed by atoms with E-state index >= 15 is 0 Å². The van der Waals surface area contributed by atoms with E-state index < -0.39 is 0 Å². The van der Waals surface area contributed by atoms with Gasteiger partial charge in [0.1, 0.15) is 12.1 Å². The molecule has 0 aliphatic rings. The molecule has 84 valence electrons. The Morgan fingerprint density at radius 3 is 3.06 bits per heavy atom. The highest BCUT2D eigenvalue weighted by molar-refractivity contribution is 5.36. The van der Waals surface area contributed by atoms with Crippen molar-refractivity contribution in [1.29, 1.82) is 0 Å². The van der Waals surface area contributed by atoms with E-state index in [4.69, 9.17) is 4.74 Å². The molecule has 0 saturated carbocycles. The number of nitrogens with one attached hydrogen (secondary N) is 1. The molecule has 0 bridgehead atoms. The van der Waals surface area contributed by atoms with E-state index in [1.807, 2.05) is 0 Å². The van der Waals surface area contributed by atoms with E-state index in [-0.39, 0.29) is 0 Å². The predicted molar refractivity (Wildman–Crippen MR) is 55.1 cm³/mol. The standard InChI is InChI=1S/C9H11N5O2/c1-15-9-4-8(11-5-12-9)10-3-2-7-13-6-16-14-7/h4-6H,2-3H2,1H3,(H,10,11,12). The Morgan fingerprint density at radius 2 is 2.31 bits per heavy atom. The predicted octanol–water partition coefficient (Wildman–Crippen LogP) is 0.523. The van der Waals surface area contributed by atoms with Crippen molar-refractivity contribution in [1.82, 2.24) is 20.1 Å². The van der Waals surface area contributed by atoms with Crippen LogP contribution in [0.3, 0.4) is 0 Å². The zero-order chi connectivity index (χ0) is 11.2. The van der Waals surface area contributed by atoms with Crippen molar-refractivity contribution < 1.29 is 9.26 Å². The average molecular weight is 221 g/mol. The second kappa shape index (κ2) is 5.06. The van der Waals surface area contributed by atoms with Crippen molar-refractivity contribution in [3.05, 3.63) is 24.6 Å². The minimum atomic E-state index is 0.525. The molecule has 16 heavy (non-hydrogen) atoms. The summed E-state index contributed by atoms with van der Waals surface area (Å²) < 4.78 is 9.60. The van der Waals surface area contributed by atoms with Crippen LogP contribution in [0.1, 0.15) is 5.82 Å². The van der Waals surface area contributed by atoms with Gasteiger partial charge in [-0.2, -0.15) is 4.98 Å². The number of anilines is 1. The van der Waals surface area contributed by atoms with Crippen molar-refractivity contribution >= 4 is 5.82 Å². The van der Waals surface area contributed by atoms with Gasteiger partial charge in [0.15, 0.2) is 5.82 Å². The summed E-state index contributed by atoms with van der Waals surface area (Å²) in [5.74, 6) is 1.89. The van der Waals surface area contributed by atoms with Crippen LogP contribution in [-0.2, 0) is 6.42 Å². The van der Waals surface area contributed by atoms with Gasteiger partial charge >= 0.3 is 0 Å². The number of rotatable bonds is 5. The van der Waals surface area contributed by atoms with Gasteiger partial charge in [0, 0.05) is 19.0 Å². The van der Waals surface area contributed by atoms with Gasteiger partial charge in [-0.3, -0.25) is 0 Å². The number of aromatic nitrogens is 4. The molecule has 0 amide bonds. The lowest BCUT2D eigenvalue weighted by Gasteiger charge is -2.04. The lowest BCUT2D eigenvalue weighted by Crippen LogP contribution is -2.07. The SMILES string of the molecule is COc1cc(NCCc2ncon2)ncn1. The molecule has 7 heteroatoms. The maximum absolute atomic E-state index is 4.98. The number of hydrogen-bond acceptors (Lipinski definition) is 7. The molecule has 2 heterocycles. The fourth-order valence-corrected chi connectivity index (χ4v) is 1.15. The van der Waals surface area contributed by atoms with E-state index in [1.165, 1.54) is 12.7 Å². The molecule has 0 spiro atoms. The van der Waals surface area contributed by atoms with Crippen LogP contribution in [0.4, 0.5) is 5.82 Å². The lowest BCUT2D eigenvalue weighted by molar-refractivity contribution is 0.397. The molecule has 1 N–H and O–H groups in total. The Morgan fingerprint density at radius 1 is 1.38 bits per heavy atom. The van der Waals surface area contributed by atoms with Crippen LogP contribution in [0.2, 0.25) is 0 Å². The smallest absolute Gasteiger partial charge is 0.218 e. The third-order valence-electron chi connectivity index (χ3n) is 1.91. The summed E-state index contributed by atoms with van der Waals surface area (Å²) in [5, 5.41) is 6.80. The molecule has 0 unspecified atom stereocenters. The Balaban J connectivity index is 1.85. The average Bonchev–Trinajstić information content (AvgIpc) is 2.82. The quantitative estimate of drug-likeness (QED) is 0.787. The Labute approximate surface area is 91.9 Å². The Hall–Kier alpha value is -2.18. The fraction of sp³-hybridized carbons (Fsp3) is 0.333. The number of nitrogens with zero attached hydrogens (tertiary/aromatic N) is 4. The fourth-order valence-electron chi connectivity index (χ4n) is 1.15. The van der Waals surface area contributed by atoms with E-state index in [0.29, 0.717) is 30.5 Å². The normalized spacial score (nSPS) is 10.1. The van der Waals surface area contributed by atoms with Gasteiger partial charge < -0.3 is 14.6 Å². The molecule has 7 nitrogen and oxygen atoms in total. The van der Waals surface area contributed by atoms with Gasteiger partial charge in [-0.25, -0.2) is 9.97 Å². The molecule has 0 aliphatic carbocycles. The summed E-state index contributed by atoms with van der Waals surface area (Å²) in [6, 6.07) is 1.72. The first-order valence-electron chi connectivity index (χ1n) is 4.73. The highest BCUT2D eigenvalue weighted by Crippen LogP contribution is 2.09. The summed E-state index contributed by atoms with van der Waals surface area (Å²) in [4.78, 5) is 11.8. The van der Waals surface area contributed by atoms with Crippen molar-refractivity contribution in [2.45, 2.75) is 6.42 Å². The van der Waals surface area contributed by atoms with E-state index in [1.54, 1.807) is 13.2 Å². The van der Waals surface area contributed by atoms with Crippen molar-refractivity contribution in [3.63, 3.8) is 0 Å². The first-order valence-corrected chi connectivity index (χ1v) is 4.73. The largest absolute Gasteiger partial charge is 0.481 e.